The van der Waals surface area contributed by atoms with Crippen molar-refractivity contribution in [3.63, 3.8) is 0 Å². The van der Waals surface area contributed by atoms with Crippen LogP contribution in [0.15, 0.2) is 29.3 Å². The quantitative estimate of drug-likeness (QED) is 0.463. The highest BCUT2D eigenvalue weighted by Gasteiger charge is 2.38. The molecule has 0 saturated heterocycles. The third-order valence-electron chi connectivity index (χ3n) is 4.40. The van der Waals surface area contributed by atoms with E-state index in [2.05, 4.69) is 23.7 Å². The van der Waals surface area contributed by atoms with Gasteiger partial charge in [0.2, 0.25) is 0 Å². The molecule has 2 N–H and O–H groups in total. The normalized spacial score (nSPS) is 16.8. The van der Waals surface area contributed by atoms with Gasteiger partial charge in [-0.2, -0.15) is 0 Å². The highest BCUT2D eigenvalue weighted by atomic mass is 127. The Bertz CT molecular complexity index is 465. The predicted octanol–water partition coefficient (Wildman–Crippen LogP) is 3.52. The second-order valence-corrected chi connectivity index (χ2v) is 5.49. The summed E-state index contributed by atoms with van der Waals surface area (Å²) in [4.78, 5) is 6.64. The van der Waals surface area contributed by atoms with Gasteiger partial charge in [-0.25, -0.2) is 4.39 Å². The van der Waals surface area contributed by atoms with Crippen molar-refractivity contribution in [3.8, 4) is 0 Å². The number of hydrogen-bond acceptors (Lipinski definition) is 1. The van der Waals surface area contributed by atoms with Gasteiger partial charge < -0.3 is 10.6 Å². The van der Waals surface area contributed by atoms with E-state index in [0.717, 1.165) is 25.9 Å². The summed E-state index contributed by atoms with van der Waals surface area (Å²) in [5.74, 6) is 0.428. The van der Waals surface area contributed by atoms with Crippen LogP contribution in [-0.4, -0.2) is 30.5 Å². The Morgan fingerprint density at radius 3 is 2.24 bits per heavy atom. The summed E-state index contributed by atoms with van der Waals surface area (Å²) in [6.07, 6.45) is 3.42. The number of nitrogens with zero attached hydrogens (tertiary/aromatic N) is 2. The molecule has 1 aliphatic carbocycles. The largest absolute Gasteiger partial charge is 0.370 e. The topological polar surface area (TPSA) is 41.6 Å². The van der Waals surface area contributed by atoms with Crippen molar-refractivity contribution < 1.29 is 4.39 Å². The Hall–Kier alpha value is -0.850. The molecule has 3 nitrogen and oxygen atoms in total. The lowest BCUT2D eigenvalue weighted by Crippen LogP contribution is -2.41. The fourth-order valence-electron chi connectivity index (χ4n) is 2.83. The molecule has 21 heavy (non-hydrogen) atoms. The molecule has 0 aromatic heterocycles. The van der Waals surface area contributed by atoms with Gasteiger partial charge in [-0.15, -0.1) is 24.0 Å². The second kappa shape index (κ2) is 7.96. The smallest absolute Gasteiger partial charge is 0.191 e. The van der Waals surface area contributed by atoms with Crippen LogP contribution < -0.4 is 5.73 Å². The first kappa shape index (κ1) is 18.2. The van der Waals surface area contributed by atoms with E-state index in [1.54, 1.807) is 0 Å². The number of halogens is 2. The summed E-state index contributed by atoms with van der Waals surface area (Å²) in [7, 11) is 0. The Balaban J connectivity index is 0.00000220. The standard InChI is InChI=1S/C16H24FN3.HI/c1-3-20(4-2)15(18)19-12-16(10-5-11-16)13-6-8-14(17)9-7-13;/h6-9H,3-5,10-12H2,1-2H3,(H2,18,19);1H. The van der Waals surface area contributed by atoms with Gasteiger partial charge in [-0.1, -0.05) is 18.6 Å². The summed E-state index contributed by atoms with van der Waals surface area (Å²) in [6.45, 7) is 6.58. The molecule has 0 bridgehead atoms. The van der Waals surface area contributed by atoms with E-state index in [9.17, 15) is 4.39 Å². The molecular formula is C16H25FIN3. The highest BCUT2D eigenvalue weighted by molar-refractivity contribution is 14.0. The van der Waals surface area contributed by atoms with Gasteiger partial charge in [-0.05, 0) is 44.4 Å². The van der Waals surface area contributed by atoms with E-state index in [0.29, 0.717) is 12.5 Å². The lowest BCUT2D eigenvalue weighted by atomic mass is 9.64. The summed E-state index contributed by atoms with van der Waals surface area (Å²) >= 11 is 0. The Labute approximate surface area is 143 Å². The maximum Gasteiger partial charge on any atom is 0.191 e. The number of nitrogens with two attached hydrogens (primary N) is 1. The maximum atomic E-state index is 13.1. The second-order valence-electron chi connectivity index (χ2n) is 5.49. The lowest BCUT2D eigenvalue weighted by molar-refractivity contribution is 0.252. The summed E-state index contributed by atoms with van der Waals surface area (Å²) in [5.41, 5.74) is 7.29. The summed E-state index contributed by atoms with van der Waals surface area (Å²) in [5, 5.41) is 0. The average Bonchev–Trinajstić information content (AvgIpc) is 2.41. The highest BCUT2D eigenvalue weighted by Crippen LogP contribution is 2.44. The molecule has 0 atom stereocenters. The molecule has 1 fully saturated rings. The van der Waals surface area contributed by atoms with E-state index in [-0.39, 0.29) is 35.2 Å². The van der Waals surface area contributed by atoms with E-state index in [1.165, 1.54) is 24.1 Å². The van der Waals surface area contributed by atoms with Crippen molar-refractivity contribution in [3.05, 3.63) is 35.6 Å². The van der Waals surface area contributed by atoms with Gasteiger partial charge in [0.25, 0.3) is 0 Å². The van der Waals surface area contributed by atoms with Crippen molar-refractivity contribution >= 4 is 29.9 Å². The first-order chi connectivity index (χ1) is 9.61. The van der Waals surface area contributed by atoms with Crippen molar-refractivity contribution in [2.24, 2.45) is 10.7 Å². The van der Waals surface area contributed by atoms with Crippen LogP contribution in [0.25, 0.3) is 0 Å². The van der Waals surface area contributed by atoms with Crippen molar-refractivity contribution in [1.29, 1.82) is 0 Å². The monoisotopic (exact) mass is 405 g/mol. The fourth-order valence-corrected chi connectivity index (χ4v) is 2.83. The zero-order valence-electron chi connectivity index (χ0n) is 12.8. The number of hydrogen-bond donors (Lipinski definition) is 1. The molecule has 1 aromatic carbocycles. The zero-order chi connectivity index (χ0) is 14.6. The first-order valence-electron chi connectivity index (χ1n) is 7.42. The van der Waals surface area contributed by atoms with Gasteiger partial charge in [-0.3, -0.25) is 4.99 Å². The van der Waals surface area contributed by atoms with E-state index < -0.39 is 0 Å². The molecule has 2 rings (SSSR count). The number of benzene rings is 1. The predicted molar refractivity (Wildman–Crippen MR) is 96.8 cm³/mol. The summed E-state index contributed by atoms with van der Waals surface area (Å²) in [6, 6.07) is 6.84. The third-order valence-corrected chi connectivity index (χ3v) is 4.40. The van der Waals surface area contributed by atoms with Crippen LogP contribution in [0.3, 0.4) is 0 Å². The van der Waals surface area contributed by atoms with E-state index in [4.69, 9.17) is 5.73 Å². The molecule has 0 spiro atoms. The van der Waals surface area contributed by atoms with E-state index in [1.807, 2.05) is 12.1 Å². The van der Waals surface area contributed by atoms with Crippen LogP contribution in [0.5, 0.6) is 0 Å². The number of guanidine groups is 1. The van der Waals surface area contributed by atoms with Crippen molar-refractivity contribution in [2.75, 3.05) is 19.6 Å². The molecule has 5 heteroatoms. The van der Waals surface area contributed by atoms with Gasteiger partial charge in [0, 0.05) is 18.5 Å². The van der Waals surface area contributed by atoms with Gasteiger partial charge in [0.1, 0.15) is 5.82 Å². The Kier molecular flexibility index (Phi) is 6.90. The number of aliphatic imine (C=N–C) groups is 1. The minimum absolute atomic E-state index is 0. The van der Waals surface area contributed by atoms with Crippen LogP contribution in [-0.2, 0) is 5.41 Å². The van der Waals surface area contributed by atoms with Crippen LogP contribution in [0.4, 0.5) is 4.39 Å². The molecule has 1 saturated carbocycles. The van der Waals surface area contributed by atoms with Crippen LogP contribution >= 0.6 is 24.0 Å². The molecule has 0 heterocycles. The van der Waals surface area contributed by atoms with Gasteiger partial charge in [0.05, 0.1) is 6.54 Å². The molecule has 0 radical (unpaired) electrons. The van der Waals surface area contributed by atoms with Gasteiger partial charge >= 0.3 is 0 Å². The van der Waals surface area contributed by atoms with Gasteiger partial charge in [0.15, 0.2) is 5.96 Å². The number of rotatable bonds is 5. The Morgan fingerprint density at radius 2 is 1.81 bits per heavy atom. The molecular weight excluding hydrogens is 380 g/mol. The lowest BCUT2D eigenvalue weighted by Gasteiger charge is -2.41. The SMILES string of the molecule is CCN(CC)C(N)=NCC1(c2ccc(F)cc2)CCC1.I. The maximum absolute atomic E-state index is 13.1. The third kappa shape index (κ3) is 4.08. The van der Waals surface area contributed by atoms with Crippen LogP contribution in [0.2, 0.25) is 0 Å². The van der Waals surface area contributed by atoms with Crippen LogP contribution in [0.1, 0.15) is 38.7 Å². The Morgan fingerprint density at radius 1 is 1.24 bits per heavy atom. The molecule has 1 aromatic rings. The minimum Gasteiger partial charge on any atom is -0.370 e. The van der Waals surface area contributed by atoms with Crippen molar-refractivity contribution in [1.82, 2.24) is 4.90 Å². The molecule has 118 valence electrons. The zero-order valence-corrected chi connectivity index (χ0v) is 15.1. The molecule has 0 unspecified atom stereocenters. The fraction of sp³-hybridized carbons (Fsp3) is 0.562. The summed E-state index contributed by atoms with van der Waals surface area (Å²) < 4.78 is 13.1. The molecule has 0 aliphatic heterocycles. The molecule has 1 aliphatic rings. The average molecular weight is 405 g/mol. The van der Waals surface area contributed by atoms with Crippen molar-refractivity contribution in [2.45, 2.75) is 38.5 Å². The first-order valence-corrected chi connectivity index (χ1v) is 7.42. The minimum atomic E-state index is -0.186. The molecule has 0 amide bonds. The van der Waals surface area contributed by atoms with E-state index >= 15 is 0 Å². The van der Waals surface area contributed by atoms with Crippen LogP contribution in [0, 0.1) is 5.82 Å².